The molecule has 0 atom stereocenters. The van der Waals surface area contributed by atoms with Crippen LogP contribution in [0.2, 0.25) is 0 Å². The number of amides is 1. The number of halogens is 1. The second kappa shape index (κ2) is 8.94. The summed E-state index contributed by atoms with van der Waals surface area (Å²) in [6, 6.07) is 17.7. The molecule has 3 heterocycles. The summed E-state index contributed by atoms with van der Waals surface area (Å²) in [5.41, 5.74) is 4.52. The smallest absolute Gasteiger partial charge is 0.253 e. The molecule has 33 heavy (non-hydrogen) atoms. The number of hydrogen-bond acceptors (Lipinski definition) is 4. The molecule has 6 nitrogen and oxygen atoms in total. The van der Waals surface area contributed by atoms with Gasteiger partial charge in [-0.1, -0.05) is 6.07 Å². The van der Waals surface area contributed by atoms with Crippen LogP contribution in [0.25, 0.3) is 5.65 Å². The lowest BCUT2D eigenvalue weighted by molar-refractivity contribution is 0.0746. The summed E-state index contributed by atoms with van der Waals surface area (Å²) in [4.78, 5) is 21.5. The number of carbonyl (C=O) groups excluding carboxylic acids is 1. The van der Waals surface area contributed by atoms with E-state index in [4.69, 9.17) is 4.74 Å². The van der Waals surface area contributed by atoms with Crippen LogP contribution in [0.3, 0.4) is 0 Å². The summed E-state index contributed by atoms with van der Waals surface area (Å²) in [5.74, 6) is 0.463. The Labute approximate surface area is 191 Å². The van der Waals surface area contributed by atoms with Crippen LogP contribution in [-0.2, 0) is 6.61 Å². The van der Waals surface area contributed by atoms with Crippen molar-refractivity contribution in [3.05, 3.63) is 95.7 Å². The molecule has 4 aromatic rings. The highest BCUT2D eigenvalue weighted by Gasteiger charge is 2.22. The number of benzene rings is 2. The van der Waals surface area contributed by atoms with E-state index in [9.17, 15) is 9.18 Å². The first-order valence-corrected chi connectivity index (χ1v) is 11.0. The Morgan fingerprint density at radius 1 is 0.939 bits per heavy atom. The van der Waals surface area contributed by atoms with Gasteiger partial charge in [-0.15, -0.1) is 0 Å². The zero-order valence-electron chi connectivity index (χ0n) is 18.4. The minimum Gasteiger partial charge on any atom is -0.487 e. The van der Waals surface area contributed by atoms with E-state index in [0.29, 0.717) is 31.0 Å². The summed E-state index contributed by atoms with van der Waals surface area (Å²) in [6.07, 6.45) is 4.00. The third-order valence-corrected chi connectivity index (χ3v) is 5.90. The standard InChI is InChI=1S/C26H25FN4O2/c1-19-2-11-25-28-22(17-31(25)16-19)18-33-24-9-3-20(4-10-24)26(32)30-14-12-29(13-15-30)23-7-5-21(27)6-8-23/h2-11,16-17H,12-15,18H2,1H3. The molecule has 0 spiro atoms. The monoisotopic (exact) mass is 444 g/mol. The van der Waals surface area contributed by atoms with Gasteiger partial charge in [0.15, 0.2) is 0 Å². The molecule has 0 saturated carbocycles. The van der Waals surface area contributed by atoms with E-state index in [0.717, 1.165) is 30.1 Å². The first-order valence-electron chi connectivity index (χ1n) is 11.0. The molecule has 7 heteroatoms. The second-order valence-electron chi connectivity index (χ2n) is 8.27. The lowest BCUT2D eigenvalue weighted by atomic mass is 10.1. The molecule has 0 bridgehead atoms. The SMILES string of the molecule is Cc1ccc2nc(COc3ccc(C(=O)N4CCN(c5ccc(F)cc5)CC4)cc3)cn2c1. The van der Waals surface area contributed by atoms with Gasteiger partial charge in [-0.05, 0) is 67.1 Å². The van der Waals surface area contributed by atoms with Crippen molar-refractivity contribution < 1.29 is 13.9 Å². The van der Waals surface area contributed by atoms with E-state index in [1.165, 1.54) is 17.7 Å². The second-order valence-corrected chi connectivity index (χ2v) is 8.27. The highest BCUT2D eigenvalue weighted by molar-refractivity contribution is 5.94. The van der Waals surface area contributed by atoms with Crippen molar-refractivity contribution in [1.82, 2.24) is 14.3 Å². The van der Waals surface area contributed by atoms with Crippen molar-refractivity contribution in [3.8, 4) is 5.75 Å². The van der Waals surface area contributed by atoms with Gasteiger partial charge in [-0.2, -0.15) is 0 Å². The molecule has 2 aromatic carbocycles. The Morgan fingerprint density at radius 2 is 1.67 bits per heavy atom. The number of pyridine rings is 1. The Bertz CT molecular complexity index is 1260. The van der Waals surface area contributed by atoms with Crippen molar-refractivity contribution in [2.45, 2.75) is 13.5 Å². The van der Waals surface area contributed by atoms with Crippen molar-refractivity contribution in [2.24, 2.45) is 0 Å². The summed E-state index contributed by atoms with van der Waals surface area (Å²) < 4.78 is 21.0. The third-order valence-electron chi connectivity index (χ3n) is 5.90. The molecule has 1 fully saturated rings. The van der Waals surface area contributed by atoms with Crippen LogP contribution in [-0.4, -0.2) is 46.4 Å². The van der Waals surface area contributed by atoms with Gasteiger partial charge in [0.2, 0.25) is 0 Å². The normalized spacial score (nSPS) is 14.0. The van der Waals surface area contributed by atoms with E-state index in [1.54, 1.807) is 24.3 Å². The van der Waals surface area contributed by atoms with E-state index >= 15 is 0 Å². The molecular formula is C26H25FN4O2. The van der Waals surface area contributed by atoms with E-state index in [-0.39, 0.29) is 11.7 Å². The van der Waals surface area contributed by atoms with Gasteiger partial charge in [-0.25, -0.2) is 9.37 Å². The summed E-state index contributed by atoms with van der Waals surface area (Å²) in [6.45, 7) is 5.10. The minimum absolute atomic E-state index is 0.0102. The lowest BCUT2D eigenvalue weighted by Crippen LogP contribution is -2.48. The average Bonchev–Trinajstić information content (AvgIpc) is 3.25. The molecule has 0 aliphatic carbocycles. The molecular weight excluding hydrogens is 419 g/mol. The molecule has 1 aliphatic rings. The average molecular weight is 445 g/mol. The third kappa shape index (κ3) is 4.67. The molecule has 0 radical (unpaired) electrons. The maximum atomic E-state index is 13.1. The van der Waals surface area contributed by atoms with Crippen molar-refractivity contribution >= 4 is 17.2 Å². The fraction of sp³-hybridized carbons (Fsp3) is 0.231. The molecule has 5 rings (SSSR count). The fourth-order valence-electron chi connectivity index (χ4n) is 4.08. The number of rotatable bonds is 5. The molecule has 1 saturated heterocycles. The lowest BCUT2D eigenvalue weighted by Gasteiger charge is -2.36. The molecule has 0 unspecified atom stereocenters. The number of fused-ring (bicyclic) bond motifs is 1. The number of aromatic nitrogens is 2. The minimum atomic E-state index is -0.242. The number of nitrogens with zero attached hydrogens (tertiary/aromatic N) is 4. The van der Waals surface area contributed by atoms with Crippen molar-refractivity contribution in [3.63, 3.8) is 0 Å². The first-order chi connectivity index (χ1) is 16.0. The maximum absolute atomic E-state index is 13.1. The van der Waals surface area contributed by atoms with E-state index in [1.807, 2.05) is 52.9 Å². The number of anilines is 1. The Kier molecular flexibility index (Phi) is 5.69. The molecule has 168 valence electrons. The number of ether oxygens (including phenoxy) is 1. The summed E-state index contributed by atoms with van der Waals surface area (Å²) in [7, 11) is 0. The number of piperazine rings is 1. The van der Waals surface area contributed by atoms with Gasteiger partial charge in [0.25, 0.3) is 5.91 Å². The predicted octanol–water partition coefficient (Wildman–Crippen LogP) is 4.32. The van der Waals surface area contributed by atoms with Crippen LogP contribution >= 0.6 is 0 Å². The zero-order valence-corrected chi connectivity index (χ0v) is 18.4. The largest absolute Gasteiger partial charge is 0.487 e. The number of aryl methyl sites for hydroxylation is 1. The molecule has 1 amide bonds. The highest BCUT2D eigenvalue weighted by Crippen LogP contribution is 2.20. The summed E-state index contributed by atoms with van der Waals surface area (Å²) in [5, 5.41) is 0. The van der Waals surface area contributed by atoms with Crippen LogP contribution in [0.4, 0.5) is 10.1 Å². The topological polar surface area (TPSA) is 50.1 Å². The molecule has 2 aromatic heterocycles. The number of imidazole rings is 1. The zero-order chi connectivity index (χ0) is 22.8. The quantitative estimate of drug-likeness (QED) is 0.460. The highest BCUT2D eigenvalue weighted by atomic mass is 19.1. The molecule has 0 N–H and O–H groups in total. The van der Waals surface area contributed by atoms with Gasteiger partial charge >= 0.3 is 0 Å². The molecule has 1 aliphatic heterocycles. The maximum Gasteiger partial charge on any atom is 0.253 e. The van der Waals surface area contributed by atoms with Crippen LogP contribution in [0.1, 0.15) is 21.6 Å². The van der Waals surface area contributed by atoms with Gasteiger partial charge in [0.1, 0.15) is 23.8 Å². The van der Waals surface area contributed by atoms with Crippen LogP contribution in [0.15, 0.2) is 73.1 Å². The van der Waals surface area contributed by atoms with Gasteiger partial charge in [0.05, 0.1) is 5.69 Å². The van der Waals surface area contributed by atoms with Crippen LogP contribution < -0.4 is 9.64 Å². The predicted molar refractivity (Wildman–Crippen MR) is 125 cm³/mol. The van der Waals surface area contributed by atoms with Gasteiger partial charge in [-0.3, -0.25) is 4.79 Å². The Morgan fingerprint density at radius 3 is 2.39 bits per heavy atom. The Hall–Kier alpha value is -3.87. The van der Waals surface area contributed by atoms with Gasteiger partial charge in [0, 0.05) is 49.8 Å². The number of carbonyl (C=O) groups is 1. The first kappa shape index (κ1) is 21.0. The van der Waals surface area contributed by atoms with Crippen LogP contribution in [0, 0.1) is 12.7 Å². The fourth-order valence-corrected chi connectivity index (χ4v) is 4.08. The van der Waals surface area contributed by atoms with Gasteiger partial charge < -0.3 is 18.9 Å². The van der Waals surface area contributed by atoms with Crippen LogP contribution in [0.5, 0.6) is 5.75 Å². The van der Waals surface area contributed by atoms with Crippen molar-refractivity contribution in [2.75, 3.05) is 31.1 Å². The Balaban J connectivity index is 1.16. The van der Waals surface area contributed by atoms with Crippen molar-refractivity contribution in [1.29, 1.82) is 0 Å². The van der Waals surface area contributed by atoms with E-state index in [2.05, 4.69) is 9.88 Å². The summed E-state index contributed by atoms with van der Waals surface area (Å²) >= 11 is 0. The number of hydrogen-bond donors (Lipinski definition) is 0. The van der Waals surface area contributed by atoms with E-state index < -0.39 is 0 Å².